The Morgan fingerprint density at radius 3 is 2.48 bits per heavy atom. The fraction of sp³-hybridized carbons (Fsp3) is 0.526. The molecule has 2 aliphatic rings. The number of carbonyl (C=O) groups is 3. The molecule has 1 aliphatic carbocycles. The number of carboxylic acid groups (broad SMARTS) is 1. The highest BCUT2D eigenvalue weighted by molar-refractivity contribution is 5.92. The summed E-state index contributed by atoms with van der Waals surface area (Å²) in [6.45, 7) is 0.822. The highest BCUT2D eigenvalue weighted by Crippen LogP contribution is 2.30. The number of carbonyl (C=O) groups excluding carboxylic acids is 2. The number of likely N-dealkylation sites (tertiary alicyclic amines) is 1. The molecule has 1 atom stereocenters. The Balaban J connectivity index is 1.63. The Hall–Kier alpha value is -2.37. The van der Waals surface area contributed by atoms with Crippen LogP contribution in [0.25, 0.3) is 0 Å². The molecule has 25 heavy (non-hydrogen) atoms. The number of nitrogens with zero attached hydrogens (tertiary/aromatic N) is 1. The van der Waals surface area contributed by atoms with Crippen LogP contribution in [0.15, 0.2) is 30.3 Å². The molecule has 0 bridgehead atoms. The summed E-state index contributed by atoms with van der Waals surface area (Å²) in [5, 5.41) is 12.3. The van der Waals surface area contributed by atoms with E-state index in [1.54, 1.807) is 4.90 Å². The molecule has 1 heterocycles. The van der Waals surface area contributed by atoms with Crippen LogP contribution in [-0.2, 0) is 20.9 Å². The van der Waals surface area contributed by atoms with Crippen LogP contribution in [0.3, 0.4) is 0 Å². The lowest BCUT2D eigenvalue weighted by Crippen LogP contribution is -2.57. The summed E-state index contributed by atoms with van der Waals surface area (Å²) in [5.74, 6) is -1.81. The van der Waals surface area contributed by atoms with Gasteiger partial charge in [0.25, 0.3) is 0 Å². The average Bonchev–Trinajstić information content (AvgIpc) is 2.97. The molecule has 134 valence electrons. The molecule has 0 spiro atoms. The lowest BCUT2D eigenvalue weighted by Gasteiger charge is -2.34. The molecule has 1 aliphatic heterocycles. The summed E-state index contributed by atoms with van der Waals surface area (Å²) in [7, 11) is 0. The quantitative estimate of drug-likeness (QED) is 0.855. The maximum absolute atomic E-state index is 12.6. The van der Waals surface area contributed by atoms with Crippen molar-refractivity contribution in [1.82, 2.24) is 10.2 Å². The Morgan fingerprint density at radius 1 is 1.16 bits per heavy atom. The summed E-state index contributed by atoms with van der Waals surface area (Å²) >= 11 is 0. The van der Waals surface area contributed by atoms with Crippen LogP contribution < -0.4 is 5.32 Å². The van der Waals surface area contributed by atoms with Crippen molar-refractivity contribution in [3.8, 4) is 0 Å². The largest absolute Gasteiger partial charge is 0.480 e. The molecule has 0 aromatic heterocycles. The van der Waals surface area contributed by atoms with Crippen molar-refractivity contribution in [2.75, 3.05) is 6.54 Å². The van der Waals surface area contributed by atoms with Crippen molar-refractivity contribution in [1.29, 1.82) is 0 Å². The second-order valence-corrected chi connectivity index (χ2v) is 7.10. The highest BCUT2D eigenvalue weighted by atomic mass is 16.4. The lowest BCUT2D eigenvalue weighted by molar-refractivity contribution is -0.150. The third-order valence-electron chi connectivity index (χ3n) is 5.28. The predicted octanol–water partition coefficient (Wildman–Crippen LogP) is 1.94. The highest BCUT2D eigenvalue weighted by Gasteiger charge is 2.44. The molecule has 3 rings (SSSR count). The SMILES string of the molecule is O=C(NC1(C(=O)O)CCCCC1)[C@@H]1CC(=O)N(Cc2ccccc2)C1. The minimum atomic E-state index is -1.16. The van der Waals surface area contributed by atoms with Gasteiger partial charge in [0.1, 0.15) is 5.54 Å². The summed E-state index contributed by atoms with van der Waals surface area (Å²) in [6.07, 6.45) is 3.67. The molecule has 2 fully saturated rings. The standard InChI is InChI=1S/C19H24N2O4/c22-16-11-15(13-21(16)12-14-7-3-1-4-8-14)17(23)20-19(18(24)25)9-5-2-6-10-19/h1,3-4,7-8,15H,2,5-6,9-13H2,(H,20,23)(H,24,25)/t15-/m1/s1. The molecule has 2 N–H and O–H groups in total. The van der Waals surface area contributed by atoms with E-state index in [2.05, 4.69) is 5.32 Å². The molecule has 6 heteroatoms. The molecular formula is C19H24N2O4. The zero-order chi connectivity index (χ0) is 17.9. The summed E-state index contributed by atoms with van der Waals surface area (Å²) in [6, 6.07) is 9.64. The maximum Gasteiger partial charge on any atom is 0.329 e. The van der Waals surface area contributed by atoms with Crippen LogP contribution in [0.2, 0.25) is 0 Å². The number of hydrogen-bond donors (Lipinski definition) is 2. The van der Waals surface area contributed by atoms with Crippen molar-refractivity contribution < 1.29 is 19.5 Å². The number of rotatable bonds is 5. The third kappa shape index (κ3) is 3.83. The minimum Gasteiger partial charge on any atom is -0.480 e. The maximum atomic E-state index is 12.6. The van der Waals surface area contributed by atoms with E-state index in [-0.39, 0.29) is 18.2 Å². The van der Waals surface area contributed by atoms with Crippen molar-refractivity contribution in [2.45, 2.75) is 50.6 Å². The zero-order valence-electron chi connectivity index (χ0n) is 14.2. The number of carboxylic acids is 1. The van der Waals surface area contributed by atoms with Crippen molar-refractivity contribution >= 4 is 17.8 Å². The van der Waals surface area contributed by atoms with Crippen LogP contribution in [0.4, 0.5) is 0 Å². The molecule has 2 amide bonds. The van der Waals surface area contributed by atoms with Gasteiger partial charge in [0, 0.05) is 19.5 Å². The molecule has 6 nitrogen and oxygen atoms in total. The van der Waals surface area contributed by atoms with Gasteiger partial charge in [-0.05, 0) is 18.4 Å². The van der Waals surface area contributed by atoms with E-state index in [9.17, 15) is 19.5 Å². The van der Waals surface area contributed by atoms with Crippen molar-refractivity contribution in [3.63, 3.8) is 0 Å². The summed E-state index contributed by atoms with van der Waals surface area (Å²) in [4.78, 5) is 38.2. The fourth-order valence-electron chi connectivity index (χ4n) is 3.79. The van der Waals surface area contributed by atoms with Gasteiger partial charge in [-0.1, -0.05) is 49.6 Å². The Labute approximate surface area is 147 Å². The van der Waals surface area contributed by atoms with E-state index in [0.29, 0.717) is 25.9 Å². The second kappa shape index (κ2) is 7.25. The third-order valence-corrected chi connectivity index (χ3v) is 5.28. The average molecular weight is 344 g/mol. The number of benzene rings is 1. The normalized spacial score (nSPS) is 22.6. The summed E-state index contributed by atoms with van der Waals surface area (Å²) in [5.41, 5.74) is -0.142. The smallest absolute Gasteiger partial charge is 0.329 e. The molecule has 0 radical (unpaired) electrons. The predicted molar refractivity (Wildman–Crippen MR) is 91.6 cm³/mol. The van der Waals surface area contributed by atoms with Gasteiger partial charge in [-0.15, -0.1) is 0 Å². The number of hydrogen-bond acceptors (Lipinski definition) is 3. The Morgan fingerprint density at radius 2 is 1.84 bits per heavy atom. The zero-order valence-corrected chi connectivity index (χ0v) is 14.2. The number of nitrogens with one attached hydrogen (secondary N) is 1. The van der Waals surface area contributed by atoms with Crippen molar-refractivity contribution in [3.05, 3.63) is 35.9 Å². The van der Waals surface area contributed by atoms with E-state index in [0.717, 1.165) is 24.8 Å². The molecule has 1 saturated carbocycles. The molecule has 1 saturated heterocycles. The fourth-order valence-corrected chi connectivity index (χ4v) is 3.79. The van der Waals surface area contributed by atoms with Gasteiger partial charge in [-0.25, -0.2) is 4.79 Å². The topological polar surface area (TPSA) is 86.7 Å². The second-order valence-electron chi connectivity index (χ2n) is 7.10. The first-order valence-electron chi connectivity index (χ1n) is 8.87. The van der Waals surface area contributed by atoms with Gasteiger partial charge < -0.3 is 15.3 Å². The molecule has 1 aromatic carbocycles. The van der Waals surface area contributed by atoms with Crippen LogP contribution in [0.5, 0.6) is 0 Å². The van der Waals surface area contributed by atoms with Crippen LogP contribution >= 0.6 is 0 Å². The van der Waals surface area contributed by atoms with Crippen LogP contribution in [0.1, 0.15) is 44.1 Å². The number of aliphatic carboxylic acids is 1. The minimum absolute atomic E-state index is 0.0583. The van der Waals surface area contributed by atoms with Gasteiger partial charge in [0.2, 0.25) is 11.8 Å². The first-order chi connectivity index (χ1) is 12.0. The number of amides is 2. The van der Waals surface area contributed by atoms with E-state index >= 15 is 0 Å². The van der Waals surface area contributed by atoms with Gasteiger partial charge in [0.05, 0.1) is 5.92 Å². The molecule has 0 unspecified atom stereocenters. The monoisotopic (exact) mass is 344 g/mol. The lowest BCUT2D eigenvalue weighted by atomic mass is 9.81. The van der Waals surface area contributed by atoms with Crippen LogP contribution in [0, 0.1) is 5.92 Å². The molecular weight excluding hydrogens is 320 g/mol. The van der Waals surface area contributed by atoms with E-state index in [4.69, 9.17) is 0 Å². The van der Waals surface area contributed by atoms with Crippen LogP contribution in [-0.4, -0.2) is 39.9 Å². The van der Waals surface area contributed by atoms with Gasteiger partial charge >= 0.3 is 5.97 Å². The van der Waals surface area contributed by atoms with E-state index in [1.807, 2.05) is 30.3 Å². The van der Waals surface area contributed by atoms with E-state index < -0.39 is 17.4 Å². The van der Waals surface area contributed by atoms with Gasteiger partial charge in [0.15, 0.2) is 0 Å². The Kier molecular flexibility index (Phi) is 5.06. The first-order valence-corrected chi connectivity index (χ1v) is 8.87. The molecule has 1 aromatic rings. The van der Waals surface area contributed by atoms with Gasteiger partial charge in [-0.3, -0.25) is 9.59 Å². The van der Waals surface area contributed by atoms with E-state index in [1.165, 1.54) is 0 Å². The summed E-state index contributed by atoms with van der Waals surface area (Å²) < 4.78 is 0. The van der Waals surface area contributed by atoms with Gasteiger partial charge in [-0.2, -0.15) is 0 Å². The van der Waals surface area contributed by atoms with Crippen molar-refractivity contribution in [2.24, 2.45) is 5.92 Å². The first kappa shape index (κ1) is 17.5. The Bertz CT molecular complexity index is 653.